The van der Waals surface area contributed by atoms with Gasteiger partial charge in [-0.15, -0.1) is 10.2 Å². The summed E-state index contributed by atoms with van der Waals surface area (Å²) in [4.78, 5) is 12.2. The van der Waals surface area contributed by atoms with Gasteiger partial charge in [0.1, 0.15) is 0 Å². The van der Waals surface area contributed by atoms with Crippen LogP contribution in [-0.4, -0.2) is 26.5 Å². The first kappa shape index (κ1) is 13.9. The van der Waals surface area contributed by atoms with Crippen LogP contribution >= 0.6 is 0 Å². The Kier molecular flexibility index (Phi) is 3.91. The third-order valence-electron chi connectivity index (χ3n) is 3.36. The Morgan fingerprint density at radius 1 is 1.18 bits per heavy atom. The van der Waals surface area contributed by atoms with E-state index in [4.69, 9.17) is 0 Å². The summed E-state index contributed by atoms with van der Waals surface area (Å²) in [5.41, 5.74) is 3.64. The Labute approximate surface area is 127 Å². The van der Waals surface area contributed by atoms with E-state index >= 15 is 0 Å². The molecule has 0 saturated carbocycles. The van der Waals surface area contributed by atoms with Crippen molar-refractivity contribution in [2.24, 2.45) is 0 Å². The van der Waals surface area contributed by atoms with Gasteiger partial charge in [-0.2, -0.15) is 5.21 Å². The monoisotopic (exact) mass is 293 g/mol. The van der Waals surface area contributed by atoms with E-state index in [1.54, 1.807) is 0 Å². The van der Waals surface area contributed by atoms with Gasteiger partial charge in [0, 0.05) is 11.3 Å². The topological polar surface area (TPSA) is 83.6 Å². The minimum Gasteiger partial charge on any atom is -0.326 e. The second kappa shape index (κ2) is 6.17. The molecule has 0 aliphatic heterocycles. The van der Waals surface area contributed by atoms with Crippen LogP contribution in [0.15, 0.2) is 48.5 Å². The van der Waals surface area contributed by atoms with Crippen LogP contribution in [0.2, 0.25) is 0 Å². The highest BCUT2D eigenvalue weighted by atomic mass is 16.1. The second-order valence-electron chi connectivity index (χ2n) is 4.97. The highest BCUT2D eigenvalue weighted by molar-refractivity contribution is 5.93. The number of anilines is 1. The molecular weight excluding hydrogens is 278 g/mol. The predicted molar refractivity (Wildman–Crippen MR) is 83.1 cm³/mol. The maximum absolute atomic E-state index is 12.2. The van der Waals surface area contributed by atoms with E-state index in [1.807, 2.05) is 55.5 Å². The summed E-state index contributed by atoms with van der Waals surface area (Å²) in [6.45, 7) is 2.00. The van der Waals surface area contributed by atoms with E-state index in [2.05, 4.69) is 25.9 Å². The van der Waals surface area contributed by atoms with Crippen LogP contribution in [0.4, 0.5) is 5.69 Å². The minimum atomic E-state index is -0.0560. The van der Waals surface area contributed by atoms with Crippen molar-refractivity contribution >= 4 is 11.6 Å². The number of hydrogen-bond acceptors (Lipinski definition) is 4. The first-order valence-corrected chi connectivity index (χ1v) is 6.90. The number of aromatic amines is 1. The van der Waals surface area contributed by atoms with Gasteiger partial charge in [-0.25, -0.2) is 0 Å². The molecule has 0 fully saturated rings. The van der Waals surface area contributed by atoms with Crippen molar-refractivity contribution in [3.63, 3.8) is 0 Å². The summed E-state index contributed by atoms with van der Waals surface area (Å²) >= 11 is 0. The van der Waals surface area contributed by atoms with Crippen molar-refractivity contribution in [2.45, 2.75) is 13.3 Å². The lowest BCUT2D eigenvalue weighted by Crippen LogP contribution is -2.15. The van der Waals surface area contributed by atoms with Gasteiger partial charge >= 0.3 is 0 Å². The van der Waals surface area contributed by atoms with Gasteiger partial charge in [0.2, 0.25) is 11.7 Å². The van der Waals surface area contributed by atoms with Gasteiger partial charge < -0.3 is 5.32 Å². The molecule has 1 amide bonds. The molecule has 6 nitrogen and oxygen atoms in total. The van der Waals surface area contributed by atoms with Crippen molar-refractivity contribution in [2.75, 3.05) is 5.32 Å². The van der Waals surface area contributed by atoms with E-state index in [0.717, 1.165) is 16.7 Å². The Balaban J connectivity index is 1.72. The average Bonchev–Trinajstić information content (AvgIpc) is 3.04. The number of benzene rings is 2. The first-order chi connectivity index (χ1) is 10.7. The quantitative estimate of drug-likeness (QED) is 0.773. The number of carbonyl (C=O) groups is 1. The molecule has 0 radical (unpaired) electrons. The smallest absolute Gasteiger partial charge is 0.228 e. The molecule has 110 valence electrons. The minimum absolute atomic E-state index is 0.0560. The zero-order chi connectivity index (χ0) is 15.4. The lowest BCUT2D eigenvalue weighted by molar-refractivity contribution is -0.115. The van der Waals surface area contributed by atoms with Crippen molar-refractivity contribution < 1.29 is 4.79 Å². The molecule has 0 unspecified atom stereocenters. The summed E-state index contributed by atoms with van der Waals surface area (Å²) in [5, 5.41) is 16.7. The molecule has 0 saturated heterocycles. The van der Waals surface area contributed by atoms with E-state index < -0.39 is 0 Å². The standard InChI is InChI=1S/C16H15N5O/c1-11-5-2-3-6-12(11)10-15(22)17-14-8-4-7-13(9-14)16-18-20-21-19-16/h2-9H,10H2,1H3,(H,17,22)(H,18,19,20,21). The number of nitrogens with zero attached hydrogens (tertiary/aromatic N) is 3. The number of rotatable bonds is 4. The molecule has 6 heteroatoms. The maximum atomic E-state index is 12.2. The number of carbonyl (C=O) groups excluding carboxylic acids is 1. The van der Waals surface area contributed by atoms with Crippen LogP contribution in [0.5, 0.6) is 0 Å². The number of hydrogen-bond donors (Lipinski definition) is 2. The molecule has 0 bridgehead atoms. The average molecular weight is 293 g/mol. The highest BCUT2D eigenvalue weighted by Crippen LogP contribution is 2.18. The molecule has 22 heavy (non-hydrogen) atoms. The zero-order valence-corrected chi connectivity index (χ0v) is 12.1. The lowest BCUT2D eigenvalue weighted by Gasteiger charge is -2.08. The van der Waals surface area contributed by atoms with Crippen LogP contribution in [0.1, 0.15) is 11.1 Å². The van der Waals surface area contributed by atoms with Gasteiger partial charge in [0.15, 0.2) is 0 Å². The molecule has 1 heterocycles. The molecule has 0 aliphatic carbocycles. The fourth-order valence-electron chi connectivity index (χ4n) is 2.21. The SMILES string of the molecule is Cc1ccccc1CC(=O)Nc1cccc(-c2nn[nH]n2)c1. The molecule has 0 atom stereocenters. The fraction of sp³-hybridized carbons (Fsp3) is 0.125. The summed E-state index contributed by atoms with van der Waals surface area (Å²) < 4.78 is 0. The van der Waals surface area contributed by atoms with Crippen molar-refractivity contribution in [1.29, 1.82) is 0 Å². The van der Waals surface area contributed by atoms with Crippen molar-refractivity contribution in [3.05, 3.63) is 59.7 Å². The van der Waals surface area contributed by atoms with Crippen LogP contribution < -0.4 is 5.32 Å². The third kappa shape index (κ3) is 3.17. The van der Waals surface area contributed by atoms with E-state index in [0.29, 0.717) is 17.9 Å². The van der Waals surface area contributed by atoms with Gasteiger partial charge in [0.25, 0.3) is 0 Å². The Bertz CT molecular complexity index is 783. The Morgan fingerprint density at radius 2 is 2.05 bits per heavy atom. The summed E-state index contributed by atoms with van der Waals surface area (Å²) in [6.07, 6.45) is 0.346. The summed E-state index contributed by atoms with van der Waals surface area (Å²) in [6, 6.07) is 15.2. The van der Waals surface area contributed by atoms with Crippen molar-refractivity contribution in [1.82, 2.24) is 20.6 Å². The number of nitrogens with one attached hydrogen (secondary N) is 2. The fourth-order valence-corrected chi connectivity index (χ4v) is 2.21. The summed E-state index contributed by atoms with van der Waals surface area (Å²) in [7, 11) is 0. The second-order valence-corrected chi connectivity index (χ2v) is 4.97. The molecule has 3 aromatic rings. The van der Waals surface area contributed by atoms with Crippen LogP contribution in [-0.2, 0) is 11.2 Å². The van der Waals surface area contributed by atoms with Crippen molar-refractivity contribution in [3.8, 4) is 11.4 Å². The van der Waals surface area contributed by atoms with Gasteiger partial charge in [-0.05, 0) is 35.4 Å². The normalized spacial score (nSPS) is 10.4. The molecule has 3 rings (SSSR count). The Morgan fingerprint density at radius 3 is 2.82 bits per heavy atom. The number of tetrazole rings is 1. The van der Waals surface area contributed by atoms with E-state index in [1.165, 1.54) is 0 Å². The first-order valence-electron chi connectivity index (χ1n) is 6.90. The number of aryl methyl sites for hydroxylation is 1. The lowest BCUT2D eigenvalue weighted by atomic mass is 10.1. The predicted octanol–water partition coefficient (Wildman–Crippen LogP) is 2.36. The van der Waals surface area contributed by atoms with E-state index in [9.17, 15) is 4.79 Å². The van der Waals surface area contributed by atoms with Gasteiger partial charge in [0.05, 0.1) is 6.42 Å². The van der Waals surface area contributed by atoms with Crippen LogP contribution in [0.3, 0.4) is 0 Å². The van der Waals surface area contributed by atoms with Crippen LogP contribution in [0, 0.1) is 6.92 Å². The molecule has 2 aromatic carbocycles. The number of amides is 1. The molecule has 2 N–H and O–H groups in total. The van der Waals surface area contributed by atoms with E-state index in [-0.39, 0.29) is 5.91 Å². The largest absolute Gasteiger partial charge is 0.326 e. The zero-order valence-electron chi connectivity index (χ0n) is 12.1. The highest BCUT2D eigenvalue weighted by Gasteiger charge is 2.08. The maximum Gasteiger partial charge on any atom is 0.228 e. The molecule has 1 aromatic heterocycles. The number of aromatic nitrogens is 4. The summed E-state index contributed by atoms with van der Waals surface area (Å²) in [5.74, 6) is 0.439. The number of H-pyrrole nitrogens is 1. The van der Waals surface area contributed by atoms with Gasteiger partial charge in [-0.3, -0.25) is 4.79 Å². The molecule has 0 aliphatic rings. The Hall–Kier alpha value is -3.02. The third-order valence-corrected chi connectivity index (χ3v) is 3.36. The molecule has 0 spiro atoms. The van der Waals surface area contributed by atoms with Gasteiger partial charge in [-0.1, -0.05) is 36.4 Å². The van der Waals surface area contributed by atoms with Crippen LogP contribution in [0.25, 0.3) is 11.4 Å². The molecular formula is C16H15N5O.